The fraction of sp³-hybridized carbons (Fsp3) is 0.308. The standard InChI is InChI=1S/C26H27FN2O3/c1-15-22(25(31)29-18-10-5-6-11-21(18)32-4)23(16-8-7-9-17(27)12-16)24-19(28-15)13-26(2,3)14-20(24)30/h5-12,23,28H,13-14H2,1-4H3,(H,29,31)/t23-/m1/s1. The van der Waals surface area contributed by atoms with Crippen LogP contribution in [0.3, 0.4) is 0 Å². The van der Waals surface area contributed by atoms with E-state index in [-0.39, 0.29) is 17.1 Å². The van der Waals surface area contributed by atoms with Crippen LogP contribution in [0.1, 0.15) is 45.1 Å². The zero-order chi connectivity index (χ0) is 23.0. The van der Waals surface area contributed by atoms with Crippen molar-refractivity contribution in [1.29, 1.82) is 0 Å². The van der Waals surface area contributed by atoms with Crippen molar-refractivity contribution in [3.8, 4) is 5.75 Å². The van der Waals surface area contributed by atoms with E-state index in [1.165, 1.54) is 19.2 Å². The number of halogens is 1. The average molecular weight is 435 g/mol. The molecule has 0 fully saturated rings. The van der Waals surface area contributed by atoms with Gasteiger partial charge in [0.25, 0.3) is 5.91 Å². The molecule has 2 aromatic carbocycles. The van der Waals surface area contributed by atoms with Crippen LogP contribution in [0.5, 0.6) is 5.75 Å². The molecule has 0 bridgehead atoms. The zero-order valence-corrected chi connectivity index (χ0v) is 18.7. The lowest BCUT2D eigenvalue weighted by molar-refractivity contribution is -0.118. The van der Waals surface area contributed by atoms with E-state index in [1.54, 1.807) is 30.3 Å². The molecule has 0 spiro atoms. The third kappa shape index (κ3) is 4.05. The lowest BCUT2D eigenvalue weighted by Crippen LogP contribution is -2.39. The highest BCUT2D eigenvalue weighted by Gasteiger charge is 2.42. The second kappa shape index (κ2) is 8.26. The van der Waals surface area contributed by atoms with E-state index in [2.05, 4.69) is 24.5 Å². The number of carbonyl (C=O) groups is 2. The van der Waals surface area contributed by atoms with E-state index in [9.17, 15) is 14.0 Å². The number of nitrogens with one attached hydrogen (secondary N) is 2. The van der Waals surface area contributed by atoms with Crippen molar-refractivity contribution >= 4 is 17.4 Å². The number of carbonyl (C=O) groups excluding carboxylic acids is 2. The van der Waals surface area contributed by atoms with Gasteiger partial charge in [0.1, 0.15) is 11.6 Å². The number of Topliss-reactive ketones (excluding diaryl/α,β-unsaturated/α-hetero) is 1. The molecule has 0 saturated heterocycles. The largest absolute Gasteiger partial charge is 0.495 e. The summed E-state index contributed by atoms with van der Waals surface area (Å²) < 4.78 is 19.5. The third-order valence-corrected chi connectivity index (χ3v) is 6.02. The Morgan fingerprint density at radius 2 is 1.91 bits per heavy atom. The number of rotatable bonds is 4. The molecule has 1 aliphatic carbocycles. The Kier molecular flexibility index (Phi) is 5.63. The summed E-state index contributed by atoms with van der Waals surface area (Å²) in [6.45, 7) is 5.92. The fourth-order valence-electron chi connectivity index (χ4n) is 4.69. The number of para-hydroxylation sites is 2. The van der Waals surface area contributed by atoms with E-state index in [4.69, 9.17) is 4.74 Å². The Labute approximate surface area is 187 Å². The Morgan fingerprint density at radius 3 is 2.62 bits per heavy atom. The molecule has 6 heteroatoms. The quantitative estimate of drug-likeness (QED) is 0.705. The molecule has 0 aromatic heterocycles. The molecule has 0 unspecified atom stereocenters. The van der Waals surface area contributed by atoms with Crippen LogP contribution in [0.4, 0.5) is 10.1 Å². The van der Waals surface area contributed by atoms with Gasteiger partial charge in [-0.3, -0.25) is 9.59 Å². The van der Waals surface area contributed by atoms with Gasteiger partial charge in [-0.05, 0) is 48.6 Å². The van der Waals surface area contributed by atoms with Gasteiger partial charge in [-0.1, -0.05) is 38.1 Å². The van der Waals surface area contributed by atoms with Crippen LogP contribution in [-0.2, 0) is 9.59 Å². The smallest absolute Gasteiger partial charge is 0.254 e. The van der Waals surface area contributed by atoms with Gasteiger partial charge < -0.3 is 15.4 Å². The maximum absolute atomic E-state index is 14.2. The summed E-state index contributed by atoms with van der Waals surface area (Å²) in [5.41, 5.74) is 3.32. The predicted octanol–water partition coefficient (Wildman–Crippen LogP) is 5.08. The number of amides is 1. The second-order valence-electron chi connectivity index (χ2n) is 9.14. The Bertz CT molecular complexity index is 1160. The molecule has 5 nitrogen and oxygen atoms in total. The van der Waals surface area contributed by atoms with Gasteiger partial charge in [0.05, 0.1) is 12.8 Å². The Morgan fingerprint density at radius 1 is 1.16 bits per heavy atom. The first-order valence-corrected chi connectivity index (χ1v) is 10.6. The minimum Gasteiger partial charge on any atom is -0.495 e. The highest BCUT2D eigenvalue weighted by molar-refractivity contribution is 6.10. The minimum atomic E-state index is -0.653. The highest BCUT2D eigenvalue weighted by atomic mass is 19.1. The predicted molar refractivity (Wildman–Crippen MR) is 122 cm³/mol. The summed E-state index contributed by atoms with van der Waals surface area (Å²) in [4.78, 5) is 26.8. The summed E-state index contributed by atoms with van der Waals surface area (Å²) in [6, 6.07) is 13.3. The lowest BCUT2D eigenvalue weighted by Gasteiger charge is -2.39. The van der Waals surface area contributed by atoms with Crippen molar-refractivity contribution in [3.05, 3.63) is 82.5 Å². The summed E-state index contributed by atoms with van der Waals surface area (Å²) in [5, 5.41) is 6.23. The number of ether oxygens (including phenoxy) is 1. The molecule has 2 N–H and O–H groups in total. The van der Waals surface area contributed by atoms with Gasteiger partial charge in [0.15, 0.2) is 5.78 Å². The molecule has 2 aliphatic rings. The average Bonchev–Trinajstić information content (AvgIpc) is 2.72. The van der Waals surface area contributed by atoms with E-state index in [1.807, 2.05) is 13.0 Å². The van der Waals surface area contributed by atoms with Crippen molar-refractivity contribution in [2.24, 2.45) is 5.41 Å². The summed E-state index contributed by atoms with van der Waals surface area (Å²) in [6.07, 6.45) is 1.05. The van der Waals surface area contributed by atoms with Crippen molar-refractivity contribution < 1.29 is 18.7 Å². The molecular formula is C26H27FN2O3. The van der Waals surface area contributed by atoms with Crippen LogP contribution < -0.4 is 15.4 Å². The van der Waals surface area contributed by atoms with Gasteiger partial charge in [0, 0.05) is 34.9 Å². The molecule has 4 rings (SSSR count). The molecule has 1 heterocycles. The molecule has 0 saturated carbocycles. The SMILES string of the molecule is COc1ccccc1NC(=O)C1=C(C)NC2=C(C(=O)CC(C)(C)C2)[C@@H]1c1cccc(F)c1. The molecule has 1 amide bonds. The van der Waals surface area contributed by atoms with Crippen molar-refractivity contribution in [1.82, 2.24) is 5.32 Å². The Balaban J connectivity index is 1.82. The molecule has 166 valence electrons. The number of hydrogen-bond donors (Lipinski definition) is 2. The summed E-state index contributed by atoms with van der Waals surface area (Å²) in [5.74, 6) is -0.916. The number of ketones is 1. The van der Waals surface area contributed by atoms with Crippen LogP contribution >= 0.6 is 0 Å². The van der Waals surface area contributed by atoms with Crippen molar-refractivity contribution in [2.75, 3.05) is 12.4 Å². The zero-order valence-electron chi connectivity index (χ0n) is 18.7. The van der Waals surface area contributed by atoms with Gasteiger partial charge in [-0.15, -0.1) is 0 Å². The highest BCUT2D eigenvalue weighted by Crippen LogP contribution is 2.46. The maximum Gasteiger partial charge on any atom is 0.254 e. The van der Waals surface area contributed by atoms with E-state index in [0.29, 0.717) is 46.7 Å². The van der Waals surface area contributed by atoms with Crippen molar-refractivity contribution in [2.45, 2.75) is 39.5 Å². The number of benzene rings is 2. The van der Waals surface area contributed by atoms with Crippen molar-refractivity contribution in [3.63, 3.8) is 0 Å². The molecular weight excluding hydrogens is 407 g/mol. The number of allylic oxidation sites excluding steroid dienone is 3. The minimum absolute atomic E-state index is 0.0203. The van der Waals surface area contributed by atoms with Gasteiger partial charge >= 0.3 is 0 Å². The van der Waals surface area contributed by atoms with E-state index >= 15 is 0 Å². The molecule has 2 aromatic rings. The van der Waals surface area contributed by atoms with E-state index < -0.39 is 11.7 Å². The first kappa shape index (κ1) is 21.8. The Hall–Kier alpha value is -3.41. The summed E-state index contributed by atoms with van der Waals surface area (Å²) in [7, 11) is 1.53. The maximum atomic E-state index is 14.2. The fourth-order valence-corrected chi connectivity index (χ4v) is 4.69. The van der Waals surface area contributed by atoms with Crippen LogP contribution in [0, 0.1) is 11.2 Å². The normalized spacial score (nSPS) is 19.9. The van der Waals surface area contributed by atoms with Gasteiger partial charge in [-0.2, -0.15) is 0 Å². The van der Waals surface area contributed by atoms with Gasteiger partial charge in [0.2, 0.25) is 0 Å². The third-order valence-electron chi connectivity index (χ3n) is 6.02. The van der Waals surface area contributed by atoms with E-state index in [0.717, 1.165) is 5.70 Å². The first-order valence-electron chi connectivity index (χ1n) is 10.6. The lowest BCUT2D eigenvalue weighted by atomic mass is 9.68. The monoisotopic (exact) mass is 434 g/mol. The first-order chi connectivity index (χ1) is 15.2. The molecule has 1 aliphatic heterocycles. The molecule has 1 atom stereocenters. The number of hydrogen-bond acceptors (Lipinski definition) is 4. The van der Waals surface area contributed by atoms with Crippen LogP contribution in [0.25, 0.3) is 0 Å². The van der Waals surface area contributed by atoms with Crippen LogP contribution in [0.15, 0.2) is 71.1 Å². The van der Waals surface area contributed by atoms with Crippen LogP contribution in [0.2, 0.25) is 0 Å². The molecule has 0 radical (unpaired) electrons. The second-order valence-corrected chi connectivity index (χ2v) is 9.14. The number of methoxy groups -OCH3 is 1. The van der Waals surface area contributed by atoms with Gasteiger partial charge in [-0.25, -0.2) is 4.39 Å². The van der Waals surface area contributed by atoms with Crippen LogP contribution in [-0.4, -0.2) is 18.8 Å². The topological polar surface area (TPSA) is 67.4 Å². The number of dihydropyridines is 1. The number of anilines is 1. The summed E-state index contributed by atoms with van der Waals surface area (Å²) >= 11 is 0. The molecule has 32 heavy (non-hydrogen) atoms.